The number of nitrogens with zero attached hydrogens (tertiary/aromatic N) is 2. The lowest BCUT2D eigenvalue weighted by Gasteiger charge is -2.31. The molecule has 1 aromatic carbocycles. The van der Waals surface area contributed by atoms with Gasteiger partial charge in [-0.25, -0.2) is 4.39 Å². The quantitative estimate of drug-likeness (QED) is 0.939. The van der Waals surface area contributed by atoms with Gasteiger partial charge in [-0.3, -0.25) is 0 Å². The smallest absolute Gasteiger partial charge is 0.170 e. The Morgan fingerprint density at radius 1 is 1.26 bits per heavy atom. The Balaban J connectivity index is 1.35. The first kappa shape index (κ1) is 15.1. The molecule has 2 aromatic rings. The molecule has 0 amide bonds. The molecular formula is C18H24FN3O. The Morgan fingerprint density at radius 2 is 2.13 bits per heavy atom. The van der Waals surface area contributed by atoms with Crippen molar-refractivity contribution < 1.29 is 8.91 Å². The fourth-order valence-corrected chi connectivity index (χ4v) is 4.00. The van der Waals surface area contributed by atoms with Crippen molar-refractivity contribution in [3.63, 3.8) is 0 Å². The number of halogens is 1. The Hall–Kier alpha value is -1.46. The normalized spacial score (nSPS) is 23.8. The topological polar surface area (TPSA) is 41.3 Å². The van der Waals surface area contributed by atoms with Crippen molar-refractivity contribution in [1.82, 2.24) is 15.4 Å². The van der Waals surface area contributed by atoms with Crippen LogP contribution in [0.15, 0.2) is 22.7 Å². The highest BCUT2D eigenvalue weighted by atomic mass is 19.1. The second-order valence-electron chi connectivity index (χ2n) is 6.91. The molecule has 3 heterocycles. The lowest BCUT2D eigenvalue weighted by molar-refractivity contribution is 0.201. The van der Waals surface area contributed by atoms with Gasteiger partial charge in [-0.15, -0.1) is 0 Å². The lowest BCUT2D eigenvalue weighted by atomic mass is 9.91. The van der Waals surface area contributed by atoms with Gasteiger partial charge in [0, 0.05) is 23.4 Å². The van der Waals surface area contributed by atoms with Gasteiger partial charge >= 0.3 is 0 Å². The summed E-state index contributed by atoms with van der Waals surface area (Å²) in [6, 6.07) is 5.44. The third kappa shape index (κ3) is 3.26. The molecule has 0 spiro atoms. The number of hydrogen-bond acceptors (Lipinski definition) is 4. The zero-order valence-corrected chi connectivity index (χ0v) is 13.4. The molecule has 0 radical (unpaired) electrons. The van der Waals surface area contributed by atoms with Crippen LogP contribution in [0.4, 0.5) is 4.39 Å². The van der Waals surface area contributed by atoms with Gasteiger partial charge in [0.15, 0.2) is 5.58 Å². The molecule has 2 fully saturated rings. The minimum absolute atomic E-state index is 0.268. The summed E-state index contributed by atoms with van der Waals surface area (Å²) in [5.41, 5.74) is 1.58. The molecule has 4 nitrogen and oxygen atoms in total. The summed E-state index contributed by atoms with van der Waals surface area (Å²) in [4.78, 5) is 2.57. The first-order valence-electron chi connectivity index (χ1n) is 8.80. The zero-order chi connectivity index (χ0) is 15.6. The molecule has 1 aromatic heterocycles. The number of fused-ring (bicyclic) bond motifs is 1. The summed E-state index contributed by atoms with van der Waals surface area (Å²) < 4.78 is 18.6. The van der Waals surface area contributed by atoms with Crippen molar-refractivity contribution in [1.29, 1.82) is 0 Å². The van der Waals surface area contributed by atoms with Crippen LogP contribution in [0.25, 0.3) is 11.0 Å². The van der Waals surface area contributed by atoms with Crippen LogP contribution in [0, 0.1) is 5.82 Å². The molecule has 5 heteroatoms. The standard InChI is InChI=1S/C18H24FN3O/c19-14-3-4-16-17(12-14)23-21-18(16)13-5-9-22(10-6-13)11-7-15-2-1-8-20-15/h3-4,12-13,15,20H,1-2,5-11H2. The van der Waals surface area contributed by atoms with Crippen molar-refractivity contribution in [2.75, 3.05) is 26.2 Å². The lowest BCUT2D eigenvalue weighted by Crippen LogP contribution is -2.36. The Morgan fingerprint density at radius 3 is 2.91 bits per heavy atom. The van der Waals surface area contributed by atoms with Crippen LogP contribution in [-0.2, 0) is 0 Å². The van der Waals surface area contributed by atoms with Gasteiger partial charge in [-0.05, 0) is 70.4 Å². The third-order valence-electron chi connectivity index (χ3n) is 5.39. The van der Waals surface area contributed by atoms with Crippen molar-refractivity contribution in [2.24, 2.45) is 0 Å². The van der Waals surface area contributed by atoms with Gasteiger partial charge in [-0.2, -0.15) is 0 Å². The van der Waals surface area contributed by atoms with E-state index in [-0.39, 0.29) is 5.82 Å². The maximum absolute atomic E-state index is 13.3. The van der Waals surface area contributed by atoms with Crippen LogP contribution in [-0.4, -0.2) is 42.3 Å². The molecule has 0 bridgehead atoms. The monoisotopic (exact) mass is 317 g/mol. The Labute approximate surface area is 136 Å². The second-order valence-corrected chi connectivity index (χ2v) is 6.91. The number of benzene rings is 1. The second kappa shape index (κ2) is 6.57. The summed E-state index contributed by atoms with van der Waals surface area (Å²) >= 11 is 0. The number of aromatic nitrogens is 1. The summed E-state index contributed by atoms with van der Waals surface area (Å²) in [5.74, 6) is 0.165. The van der Waals surface area contributed by atoms with Crippen LogP contribution in [0.5, 0.6) is 0 Å². The third-order valence-corrected chi connectivity index (χ3v) is 5.39. The fourth-order valence-electron chi connectivity index (χ4n) is 4.00. The van der Waals surface area contributed by atoms with Crippen molar-refractivity contribution in [3.8, 4) is 0 Å². The van der Waals surface area contributed by atoms with E-state index in [1.807, 2.05) is 0 Å². The number of nitrogens with one attached hydrogen (secondary N) is 1. The van der Waals surface area contributed by atoms with Crippen LogP contribution in [0.3, 0.4) is 0 Å². The molecule has 0 aliphatic carbocycles. The summed E-state index contributed by atoms with van der Waals surface area (Å²) in [7, 11) is 0. The van der Waals surface area contributed by atoms with E-state index in [2.05, 4.69) is 15.4 Å². The minimum Gasteiger partial charge on any atom is -0.356 e. The van der Waals surface area contributed by atoms with E-state index in [4.69, 9.17) is 4.52 Å². The van der Waals surface area contributed by atoms with E-state index in [1.54, 1.807) is 6.07 Å². The molecule has 23 heavy (non-hydrogen) atoms. The average molecular weight is 317 g/mol. The van der Waals surface area contributed by atoms with Crippen LogP contribution in [0.1, 0.15) is 43.7 Å². The molecule has 1 N–H and O–H groups in total. The molecule has 1 atom stereocenters. The molecule has 2 aliphatic rings. The molecule has 2 aliphatic heterocycles. The van der Waals surface area contributed by atoms with Gasteiger partial charge in [-0.1, -0.05) is 5.16 Å². The summed E-state index contributed by atoms with van der Waals surface area (Å²) in [5, 5.41) is 8.77. The van der Waals surface area contributed by atoms with E-state index in [0.29, 0.717) is 11.5 Å². The Bertz CT molecular complexity index is 657. The highest BCUT2D eigenvalue weighted by Crippen LogP contribution is 2.32. The van der Waals surface area contributed by atoms with Gasteiger partial charge < -0.3 is 14.7 Å². The fraction of sp³-hybridized carbons (Fsp3) is 0.611. The molecular weight excluding hydrogens is 293 g/mol. The zero-order valence-electron chi connectivity index (χ0n) is 13.4. The molecule has 1 unspecified atom stereocenters. The number of likely N-dealkylation sites (tertiary alicyclic amines) is 1. The van der Waals surface area contributed by atoms with Crippen LogP contribution in [0.2, 0.25) is 0 Å². The predicted molar refractivity (Wildman–Crippen MR) is 88.0 cm³/mol. The van der Waals surface area contributed by atoms with Gasteiger partial charge in [0.25, 0.3) is 0 Å². The van der Waals surface area contributed by atoms with Gasteiger partial charge in [0.1, 0.15) is 5.82 Å². The SMILES string of the molecule is Fc1ccc2c(C3CCN(CCC4CCCN4)CC3)noc2c1. The molecule has 124 valence electrons. The molecule has 0 saturated carbocycles. The number of piperidine rings is 1. The van der Waals surface area contributed by atoms with Crippen LogP contribution < -0.4 is 5.32 Å². The summed E-state index contributed by atoms with van der Waals surface area (Å²) in [6.07, 6.45) is 6.13. The van der Waals surface area contributed by atoms with Crippen molar-refractivity contribution in [3.05, 3.63) is 29.7 Å². The van der Waals surface area contributed by atoms with Crippen LogP contribution >= 0.6 is 0 Å². The minimum atomic E-state index is -0.268. The number of rotatable bonds is 4. The van der Waals surface area contributed by atoms with E-state index in [1.165, 1.54) is 44.5 Å². The first-order chi connectivity index (χ1) is 11.3. The van der Waals surface area contributed by atoms with Gasteiger partial charge in [0.2, 0.25) is 0 Å². The molecule has 2 saturated heterocycles. The van der Waals surface area contributed by atoms with E-state index in [9.17, 15) is 4.39 Å². The Kier molecular flexibility index (Phi) is 4.31. The first-order valence-corrected chi connectivity index (χ1v) is 8.80. The predicted octanol–water partition coefficient (Wildman–Crippen LogP) is 3.29. The number of hydrogen-bond donors (Lipinski definition) is 1. The van der Waals surface area contributed by atoms with E-state index in [0.717, 1.165) is 43.1 Å². The highest BCUT2D eigenvalue weighted by Gasteiger charge is 2.25. The van der Waals surface area contributed by atoms with Gasteiger partial charge in [0.05, 0.1) is 5.69 Å². The van der Waals surface area contributed by atoms with E-state index < -0.39 is 0 Å². The largest absolute Gasteiger partial charge is 0.356 e. The highest BCUT2D eigenvalue weighted by molar-refractivity contribution is 5.79. The summed E-state index contributed by atoms with van der Waals surface area (Å²) in [6.45, 7) is 4.61. The van der Waals surface area contributed by atoms with Crippen molar-refractivity contribution in [2.45, 2.75) is 44.1 Å². The average Bonchev–Trinajstić information content (AvgIpc) is 3.22. The maximum atomic E-state index is 13.3. The maximum Gasteiger partial charge on any atom is 0.170 e. The van der Waals surface area contributed by atoms with Crippen molar-refractivity contribution >= 4 is 11.0 Å². The molecule has 4 rings (SSSR count). The van der Waals surface area contributed by atoms with E-state index >= 15 is 0 Å².